The Morgan fingerprint density at radius 1 is 1.40 bits per heavy atom. The van der Waals surface area contributed by atoms with Gasteiger partial charge in [0.25, 0.3) is 0 Å². The average Bonchev–Trinajstić information content (AvgIpc) is 2.30. The van der Waals surface area contributed by atoms with Crippen molar-refractivity contribution in [3.8, 4) is 6.07 Å². The van der Waals surface area contributed by atoms with Crippen LogP contribution in [0.4, 0.5) is 0 Å². The molecule has 0 aliphatic carbocycles. The van der Waals surface area contributed by atoms with Gasteiger partial charge >= 0.3 is 5.70 Å². The molecular formula is C10H12N5+. The lowest BCUT2D eigenvalue weighted by Gasteiger charge is -1.94. The van der Waals surface area contributed by atoms with Gasteiger partial charge in [-0.3, -0.25) is 5.41 Å². The summed E-state index contributed by atoms with van der Waals surface area (Å²) in [6, 6.07) is 3.72. The lowest BCUT2D eigenvalue weighted by atomic mass is 10.2. The van der Waals surface area contributed by atoms with Crippen LogP contribution in [0.1, 0.15) is 25.2 Å². The van der Waals surface area contributed by atoms with Crippen molar-refractivity contribution in [2.45, 2.75) is 26.7 Å². The Kier molecular flexibility index (Phi) is 3.67. The summed E-state index contributed by atoms with van der Waals surface area (Å²) in [6.07, 6.45) is 1.54. The van der Waals surface area contributed by atoms with E-state index in [0.717, 1.165) is 24.2 Å². The average molecular weight is 202 g/mol. The van der Waals surface area contributed by atoms with Gasteiger partial charge in [-0.15, -0.1) is 0 Å². The summed E-state index contributed by atoms with van der Waals surface area (Å²) < 4.78 is 0. The number of aromatic nitrogens is 3. The van der Waals surface area contributed by atoms with E-state index in [-0.39, 0.29) is 5.70 Å². The minimum Gasteiger partial charge on any atom is -0.252 e. The van der Waals surface area contributed by atoms with Crippen LogP contribution in [0.5, 0.6) is 0 Å². The quantitative estimate of drug-likeness (QED) is 0.440. The van der Waals surface area contributed by atoms with E-state index in [4.69, 9.17) is 10.7 Å². The van der Waals surface area contributed by atoms with Gasteiger partial charge in [0, 0.05) is 10.2 Å². The predicted molar refractivity (Wildman–Crippen MR) is 54.0 cm³/mol. The first-order chi connectivity index (χ1) is 7.24. The number of aryl methyl sites for hydroxylation is 2. The van der Waals surface area contributed by atoms with E-state index >= 15 is 0 Å². The molecule has 76 valence electrons. The molecule has 0 fully saturated rings. The fraction of sp³-hybridized carbons (Fsp3) is 0.400. The normalized spacial score (nSPS) is 9.13. The maximum atomic E-state index is 8.74. The van der Waals surface area contributed by atoms with Crippen molar-refractivity contribution >= 4 is 11.6 Å². The van der Waals surface area contributed by atoms with Gasteiger partial charge < -0.3 is 0 Å². The van der Waals surface area contributed by atoms with Gasteiger partial charge in [-0.05, 0) is 18.9 Å². The monoisotopic (exact) mass is 202 g/mol. The number of allylic oxidation sites excluding steroid dienone is 1. The third-order valence-corrected chi connectivity index (χ3v) is 1.93. The molecule has 0 amide bonds. The molecule has 0 saturated heterocycles. The summed E-state index contributed by atoms with van der Waals surface area (Å²) in [6.45, 7) is 3.96. The number of hydrogen-bond donors (Lipinski definition) is 1. The minimum absolute atomic E-state index is 0.000000000000000222. The fourth-order valence-corrected chi connectivity index (χ4v) is 1.08. The fourth-order valence-electron chi connectivity index (χ4n) is 1.08. The zero-order valence-electron chi connectivity index (χ0n) is 8.78. The van der Waals surface area contributed by atoms with Crippen molar-refractivity contribution < 1.29 is 4.80 Å². The van der Waals surface area contributed by atoms with Crippen molar-refractivity contribution in [1.29, 1.82) is 10.7 Å². The van der Waals surface area contributed by atoms with Crippen LogP contribution in [0.3, 0.4) is 0 Å². The molecule has 0 aliphatic rings. The topological polar surface area (TPSA) is 77.3 Å². The molecule has 0 bridgehead atoms. The lowest BCUT2D eigenvalue weighted by Crippen LogP contribution is -2.42. The molecule has 1 aromatic heterocycles. The molecule has 5 heteroatoms. The molecule has 0 saturated carbocycles. The zero-order valence-corrected chi connectivity index (χ0v) is 8.78. The SMILES string of the molecule is CCc1cc(CC)n[n+](C(=C=N)C#N)n1. The molecule has 1 heterocycles. The maximum absolute atomic E-state index is 8.74. The highest BCUT2D eigenvalue weighted by atomic mass is 15.5. The first kappa shape index (κ1) is 11.0. The van der Waals surface area contributed by atoms with Crippen LogP contribution < -0.4 is 4.80 Å². The van der Waals surface area contributed by atoms with Gasteiger partial charge in [-0.1, -0.05) is 13.8 Å². The van der Waals surface area contributed by atoms with Crippen LogP contribution in [-0.4, -0.2) is 16.1 Å². The van der Waals surface area contributed by atoms with Gasteiger partial charge in [0.15, 0.2) is 6.07 Å². The Labute approximate surface area is 88.2 Å². The summed E-state index contributed by atoms with van der Waals surface area (Å²) in [7, 11) is 0. The molecule has 0 aromatic carbocycles. The van der Waals surface area contributed by atoms with Gasteiger partial charge in [-0.25, -0.2) is 0 Å². The second-order valence-corrected chi connectivity index (χ2v) is 2.91. The van der Waals surface area contributed by atoms with Gasteiger partial charge in [-0.2, -0.15) is 5.26 Å². The van der Waals surface area contributed by atoms with Crippen molar-refractivity contribution in [3.63, 3.8) is 0 Å². The predicted octanol–water partition coefficient (Wildman–Crippen LogP) is 0.502. The van der Waals surface area contributed by atoms with E-state index in [1.165, 1.54) is 4.80 Å². The first-order valence-electron chi connectivity index (χ1n) is 4.74. The molecule has 15 heavy (non-hydrogen) atoms. The summed E-state index contributed by atoms with van der Waals surface area (Å²) >= 11 is 0. The van der Waals surface area contributed by atoms with Gasteiger partial charge in [0.05, 0.1) is 10.7 Å². The number of nitrogens with one attached hydrogen (secondary N) is 1. The summed E-state index contributed by atoms with van der Waals surface area (Å²) in [5.74, 6) is 2.01. The molecule has 0 radical (unpaired) electrons. The number of rotatable bonds is 3. The standard InChI is InChI=1S/C10H12N5/c1-3-8-5-9(4-2)14-15(13-8)10(6-11)7-12/h5,11H,3-4H2,1-2H3/q+1. The highest BCUT2D eigenvalue weighted by Gasteiger charge is 2.16. The molecule has 1 rings (SSSR count). The van der Waals surface area contributed by atoms with Crippen LogP contribution in [0.25, 0.3) is 5.70 Å². The second-order valence-electron chi connectivity index (χ2n) is 2.91. The van der Waals surface area contributed by atoms with E-state index < -0.39 is 0 Å². The Hall–Kier alpha value is -2.05. The Bertz CT molecular complexity index is 429. The zero-order chi connectivity index (χ0) is 11.3. The van der Waals surface area contributed by atoms with E-state index in [2.05, 4.69) is 10.2 Å². The minimum atomic E-state index is 0.000000000000000222. The summed E-state index contributed by atoms with van der Waals surface area (Å²) in [5, 5.41) is 23.9. The molecule has 0 unspecified atom stereocenters. The second kappa shape index (κ2) is 4.99. The number of nitriles is 1. The molecule has 0 aliphatic heterocycles. The van der Waals surface area contributed by atoms with Crippen LogP contribution in [0, 0.1) is 16.7 Å². The first-order valence-corrected chi connectivity index (χ1v) is 4.74. The number of nitrogens with zero attached hydrogens (tertiary/aromatic N) is 4. The number of hydrogen-bond acceptors (Lipinski definition) is 4. The van der Waals surface area contributed by atoms with Crippen LogP contribution in [0.2, 0.25) is 0 Å². The van der Waals surface area contributed by atoms with E-state index in [1.54, 1.807) is 0 Å². The smallest absolute Gasteiger partial charge is 0.252 e. The third-order valence-electron chi connectivity index (χ3n) is 1.93. The van der Waals surface area contributed by atoms with Crippen LogP contribution in [-0.2, 0) is 12.8 Å². The molecule has 1 aromatic rings. The van der Waals surface area contributed by atoms with E-state index in [9.17, 15) is 0 Å². The largest absolute Gasteiger partial charge is 0.405 e. The van der Waals surface area contributed by atoms with Crippen LogP contribution in [0.15, 0.2) is 6.07 Å². The lowest BCUT2D eigenvalue weighted by molar-refractivity contribution is -0.703. The van der Waals surface area contributed by atoms with E-state index in [1.807, 2.05) is 31.9 Å². The molecule has 0 atom stereocenters. The molecule has 5 nitrogen and oxygen atoms in total. The van der Waals surface area contributed by atoms with Crippen molar-refractivity contribution in [2.24, 2.45) is 0 Å². The van der Waals surface area contributed by atoms with Gasteiger partial charge in [0.1, 0.15) is 11.4 Å². The molecular weight excluding hydrogens is 190 g/mol. The highest BCUT2D eigenvalue weighted by molar-refractivity contribution is 5.80. The highest BCUT2D eigenvalue weighted by Crippen LogP contribution is 1.97. The summed E-state index contributed by atoms with van der Waals surface area (Å²) in [4.78, 5) is 1.17. The van der Waals surface area contributed by atoms with Crippen molar-refractivity contribution in [3.05, 3.63) is 17.5 Å². The Morgan fingerprint density at radius 2 is 1.93 bits per heavy atom. The Morgan fingerprint density at radius 3 is 2.27 bits per heavy atom. The van der Waals surface area contributed by atoms with Crippen molar-refractivity contribution in [1.82, 2.24) is 10.2 Å². The third kappa shape index (κ3) is 2.46. The van der Waals surface area contributed by atoms with Gasteiger partial charge in [0.2, 0.25) is 0 Å². The Balaban J connectivity index is 3.31. The molecule has 0 spiro atoms. The summed E-state index contributed by atoms with van der Waals surface area (Å²) in [5.41, 5.74) is 1.70. The van der Waals surface area contributed by atoms with E-state index in [0.29, 0.717) is 0 Å². The molecule has 1 N–H and O–H groups in total. The van der Waals surface area contributed by atoms with Crippen molar-refractivity contribution in [2.75, 3.05) is 0 Å². The maximum Gasteiger partial charge on any atom is 0.405 e. The van der Waals surface area contributed by atoms with Crippen LogP contribution >= 0.6 is 0 Å².